The van der Waals surface area contributed by atoms with E-state index in [9.17, 15) is 5.11 Å². The van der Waals surface area contributed by atoms with Crippen molar-refractivity contribution < 1.29 is 5.11 Å². The van der Waals surface area contributed by atoms with Crippen LogP contribution in [0.2, 0.25) is 0 Å². The fourth-order valence-corrected chi connectivity index (χ4v) is 4.03. The summed E-state index contributed by atoms with van der Waals surface area (Å²) in [7, 11) is 0. The van der Waals surface area contributed by atoms with Gasteiger partial charge in [0.1, 0.15) is 17.0 Å². The number of aliphatic hydroxyl groups excluding tert-OH is 1. The molecule has 0 bridgehead atoms. The third-order valence-corrected chi connectivity index (χ3v) is 5.61. The highest BCUT2D eigenvalue weighted by Crippen LogP contribution is 2.49. The minimum absolute atomic E-state index is 0.241. The van der Waals surface area contributed by atoms with Crippen LogP contribution in [-0.4, -0.2) is 11.1 Å². The van der Waals surface area contributed by atoms with E-state index in [1.54, 1.807) is 0 Å². The molecule has 0 aliphatic carbocycles. The van der Waals surface area contributed by atoms with E-state index in [0.29, 0.717) is 5.70 Å². The Morgan fingerprint density at radius 1 is 0.893 bits per heavy atom. The predicted octanol–water partition coefficient (Wildman–Crippen LogP) is 5.44. The summed E-state index contributed by atoms with van der Waals surface area (Å²) in [5.41, 5.74) is 4.88. The Morgan fingerprint density at radius 2 is 1.57 bits per heavy atom. The molecule has 4 heteroatoms. The van der Waals surface area contributed by atoms with Gasteiger partial charge in [0.15, 0.2) is 0 Å². The van der Waals surface area contributed by atoms with Crippen LogP contribution < -0.4 is 10.2 Å². The molecule has 3 aromatic rings. The first-order chi connectivity index (χ1) is 13.6. The van der Waals surface area contributed by atoms with E-state index >= 15 is 0 Å². The molecule has 0 spiro atoms. The largest absolute Gasteiger partial charge is 0.507 e. The number of para-hydroxylation sites is 2. The van der Waals surface area contributed by atoms with Gasteiger partial charge < -0.3 is 10.4 Å². The molecule has 0 aromatic heterocycles. The molecule has 1 atom stereocenters. The van der Waals surface area contributed by atoms with Gasteiger partial charge in [0.2, 0.25) is 5.96 Å². The highest BCUT2D eigenvalue weighted by atomic mass is 16.3. The van der Waals surface area contributed by atoms with Crippen molar-refractivity contribution in [2.24, 2.45) is 4.99 Å². The number of anilines is 2. The third kappa shape index (κ3) is 2.28. The number of hydrogen-bond acceptors (Lipinski definition) is 4. The van der Waals surface area contributed by atoms with Crippen LogP contribution >= 0.6 is 0 Å². The predicted molar refractivity (Wildman–Crippen MR) is 115 cm³/mol. The van der Waals surface area contributed by atoms with Crippen LogP contribution in [0, 0.1) is 6.92 Å². The molecule has 28 heavy (non-hydrogen) atoms. The zero-order valence-corrected chi connectivity index (χ0v) is 15.8. The van der Waals surface area contributed by atoms with Crippen LogP contribution in [0.25, 0.3) is 5.70 Å². The van der Waals surface area contributed by atoms with Crippen molar-refractivity contribution in [1.82, 2.24) is 0 Å². The summed E-state index contributed by atoms with van der Waals surface area (Å²) in [5.74, 6) is 0.964. The number of guanidine groups is 1. The van der Waals surface area contributed by atoms with Crippen LogP contribution in [0.3, 0.4) is 0 Å². The third-order valence-electron chi connectivity index (χ3n) is 5.61. The molecule has 4 nitrogen and oxygen atoms in total. The minimum atomic E-state index is -0.780. The normalized spacial score (nSPS) is 20.4. The lowest BCUT2D eigenvalue weighted by atomic mass is 9.84. The minimum Gasteiger partial charge on any atom is -0.507 e. The topological polar surface area (TPSA) is 47.9 Å². The van der Waals surface area contributed by atoms with E-state index in [0.717, 1.165) is 28.5 Å². The Balaban J connectivity index is 1.78. The number of benzene rings is 3. The Hall–Kier alpha value is -3.53. The number of aliphatic imine (C=N–C) groups is 1. The van der Waals surface area contributed by atoms with Gasteiger partial charge in [-0.15, -0.1) is 0 Å². The maximum absolute atomic E-state index is 11.5. The van der Waals surface area contributed by atoms with E-state index in [-0.39, 0.29) is 5.76 Å². The molecular weight excluding hydrogens is 346 g/mol. The monoisotopic (exact) mass is 367 g/mol. The number of aliphatic hydroxyl groups is 1. The maximum atomic E-state index is 11.5. The number of nitrogens with one attached hydrogen (secondary N) is 1. The zero-order chi connectivity index (χ0) is 19.3. The molecule has 2 N–H and O–H groups in total. The summed E-state index contributed by atoms with van der Waals surface area (Å²) in [6.07, 6.45) is 0. The summed E-state index contributed by atoms with van der Waals surface area (Å²) in [6.45, 7) is 4.10. The smallest absolute Gasteiger partial charge is 0.209 e. The van der Waals surface area contributed by atoms with Gasteiger partial charge in [-0.3, -0.25) is 4.90 Å². The van der Waals surface area contributed by atoms with Gasteiger partial charge in [-0.25, -0.2) is 4.99 Å². The van der Waals surface area contributed by atoms with Gasteiger partial charge in [0, 0.05) is 5.56 Å². The van der Waals surface area contributed by atoms with Gasteiger partial charge in [0.25, 0.3) is 0 Å². The molecule has 2 aliphatic heterocycles. The Labute approximate surface area is 164 Å². The molecule has 2 aliphatic rings. The molecule has 5 rings (SSSR count). The van der Waals surface area contributed by atoms with Gasteiger partial charge >= 0.3 is 0 Å². The first kappa shape index (κ1) is 16.6. The SMILES string of the molecule is Cc1ccc(C2=C(O)C(C)(c3ccccc3)N3C(=N2)Nc2ccccc23)cc1. The van der Waals surface area contributed by atoms with Crippen LogP contribution in [0.1, 0.15) is 23.6 Å². The van der Waals surface area contributed by atoms with Crippen molar-refractivity contribution in [3.63, 3.8) is 0 Å². The molecule has 0 saturated heterocycles. The number of fused-ring (bicyclic) bond motifs is 3. The zero-order valence-electron chi connectivity index (χ0n) is 15.8. The van der Waals surface area contributed by atoms with E-state index in [4.69, 9.17) is 4.99 Å². The average molecular weight is 367 g/mol. The van der Waals surface area contributed by atoms with Crippen LogP contribution in [0.15, 0.2) is 89.6 Å². The second-order valence-corrected chi connectivity index (χ2v) is 7.41. The summed E-state index contributed by atoms with van der Waals surface area (Å²) in [5, 5.41) is 15.0. The van der Waals surface area contributed by atoms with E-state index in [1.807, 2.05) is 79.7 Å². The first-order valence-electron chi connectivity index (χ1n) is 9.40. The van der Waals surface area contributed by atoms with Gasteiger partial charge in [-0.1, -0.05) is 72.3 Å². The van der Waals surface area contributed by atoms with Crippen molar-refractivity contribution in [1.29, 1.82) is 0 Å². The molecule has 0 radical (unpaired) electrons. The molecule has 0 amide bonds. The van der Waals surface area contributed by atoms with Crippen LogP contribution in [0.4, 0.5) is 11.4 Å². The van der Waals surface area contributed by atoms with Gasteiger partial charge in [-0.2, -0.15) is 0 Å². The Kier molecular flexibility index (Phi) is 3.56. The lowest BCUT2D eigenvalue weighted by Crippen LogP contribution is -2.51. The van der Waals surface area contributed by atoms with E-state index in [2.05, 4.69) is 23.2 Å². The van der Waals surface area contributed by atoms with Crippen molar-refractivity contribution in [3.05, 3.63) is 101 Å². The maximum Gasteiger partial charge on any atom is 0.209 e. The fraction of sp³-hybridized carbons (Fsp3) is 0.125. The van der Waals surface area contributed by atoms with E-state index < -0.39 is 5.54 Å². The molecule has 0 saturated carbocycles. The van der Waals surface area contributed by atoms with Crippen molar-refractivity contribution >= 4 is 23.0 Å². The fourth-order valence-electron chi connectivity index (χ4n) is 4.03. The van der Waals surface area contributed by atoms with Gasteiger partial charge in [0.05, 0.1) is 11.4 Å². The molecule has 138 valence electrons. The Bertz CT molecular complexity index is 1120. The quantitative estimate of drug-likeness (QED) is 0.634. The Morgan fingerprint density at radius 3 is 2.32 bits per heavy atom. The first-order valence-corrected chi connectivity index (χ1v) is 9.40. The van der Waals surface area contributed by atoms with Crippen LogP contribution in [0.5, 0.6) is 0 Å². The highest BCUT2D eigenvalue weighted by Gasteiger charge is 2.48. The molecular formula is C24H21N3O. The summed E-state index contributed by atoms with van der Waals surface area (Å²) >= 11 is 0. The summed E-state index contributed by atoms with van der Waals surface area (Å²) in [6, 6.07) is 26.3. The number of hydrogen-bond donors (Lipinski definition) is 2. The lowest BCUT2D eigenvalue weighted by molar-refractivity contribution is 0.312. The summed E-state index contributed by atoms with van der Waals surface area (Å²) < 4.78 is 0. The molecule has 0 fully saturated rings. The van der Waals surface area contributed by atoms with Gasteiger partial charge in [-0.05, 0) is 31.5 Å². The average Bonchev–Trinajstić information content (AvgIpc) is 3.11. The van der Waals surface area contributed by atoms with Crippen LogP contribution in [-0.2, 0) is 5.54 Å². The number of aryl methyl sites for hydroxylation is 1. The number of nitrogens with zero attached hydrogens (tertiary/aromatic N) is 2. The second-order valence-electron chi connectivity index (χ2n) is 7.41. The van der Waals surface area contributed by atoms with Crippen molar-refractivity contribution in [3.8, 4) is 0 Å². The summed E-state index contributed by atoms with van der Waals surface area (Å²) in [4.78, 5) is 6.91. The second kappa shape index (κ2) is 5.99. The molecule has 2 heterocycles. The number of rotatable bonds is 2. The van der Waals surface area contributed by atoms with E-state index in [1.165, 1.54) is 5.56 Å². The lowest BCUT2D eigenvalue weighted by Gasteiger charge is -2.42. The molecule has 3 aromatic carbocycles. The van der Waals surface area contributed by atoms with Crippen molar-refractivity contribution in [2.75, 3.05) is 10.2 Å². The standard InChI is InChI=1S/C24H21N3O/c1-16-12-14-17(15-13-16)21-22(28)24(2,18-8-4-3-5-9-18)27-20-11-7-6-10-19(20)25-23(27)26-21/h3-15,28H,1-2H3,(H,25,26). The highest BCUT2D eigenvalue weighted by molar-refractivity contribution is 6.18. The van der Waals surface area contributed by atoms with Crippen molar-refractivity contribution in [2.45, 2.75) is 19.4 Å². The molecule has 1 unspecified atom stereocenters.